The number of carbonyl (C=O) groups is 2. The van der Waals surface area contributed by atoms with Crippen LogP contribution in [0.25, 0.3) is 11.0 Å². The number of anilines is 1. The molecule has 0 fully saturated rings. The second kappa shape index (κ2) is 8.89. The van der Waals surface area contributed by atoms with Gasteiger partial charge in [0.2, 0.25) is 0 Å². The number of nitrogens with one attached hydrogen (secondary N) is 1. The number of benzene rings is 2. The van der Waals surface area contributed by atoms with Gasteiger partial charge in [-0.05, 0) is 56.3 Å². The van der Waals surface area contributed by atoms with Crippen molar-refractivity contribution in [2.75, 3.05) is 5.32 Å². The number of carbonyl (C=O) groups excluding carboxylic acids is 2. The molecule has 1 amide bonds. The van der Waals surface area contributed by atoms with Crippen LogP contribution < -0.4 is 10.1 Å². The summed E-state index contributed by atoms with van der Waals surface area (Å²) in [4.78, 5) is 29.3. The van der Waals surface area contributed by atoms with Gasteiger partial charge in [-0.15, -0.1) is 0 Å². The number of rotatable bonds is 6. The monoisotopic (exact) mass is 430 g/mol. The molecule has 2 heterocycles. The van der Waals surface area contributed by atoms with Gasteiger partial charge in [0.15, 0.2) is 11.8 Å². The van der Waals surface area contributed by atoms with E-state index in [-0.39, 0.29) is 5.56 Å². The summed E-state index contributed by atoms with van der Waals surface area (Å²) in [6.45, 7) is 3.35. The molecule has 4 aromatic rings. The Morgan fingerprint density at radius 3 is 2.44 bits per heavy atom. The van der Waals surface area contributed by atoms with Gasteiger partial charge in [0, 0.05) is 24.3 Å². The van der Waals surface area contributed by atoms with Crippen molar-refractivity contribution < 1.29 is 19.1 Å². The van der Waals surface area contributed by atoms with Crippen LogP contribution in [0.1, 0.15) is 23.0 Å². The molecule has 1 atom stereocenters. The Hall–Kier alpha value is -4.20. The van der Waals surface area contributed by atoms with Crippen LogP contribution in [0, 0.1) is 6.92 Å². The van der Waals surface area contributed by atoms with Crippen molar-refractivity contribution in [2.24, 2.45) is 7.05 Å². The quantitative estimate of drug-likeness (QED) is 0.460. The molecule has 2 aromatic heterocycles. The van der Waals surface area contributed by atoms with Crippen LogP contribution in [0.2, 0.25) is 0 Å². The summed E-state index contributed by atoms with van der Waals surface area (Å²) in [6.07, 6.45) is 0.426. The SMILES string of the molecule is Cc1nn(C)c2ncc(C(=O)OC(C)C(=O)Nc3ccc(Oc4ccccc4)cc3)cc12. The molecule has 0 radical (unpaired) electrons. The van der Waals surface area contributed by atoms with Gasteiger partial charge in [0.1, 0.15) is 11.5 Å². The molecule has 0 aliphatic carbocycles. The number of aryl methyl sites for hydroxylation is 2. The lowest BCUT2D eigenvalue weighted by molar-refractivity contribution is -0.123. The van der Waals surface area contributed by atoms with Gasteiger partial charge in [-0.1, -0.05) is 18.2 Å². The van der Waals surface area contributed by atoms with E-state index < -0.39 is 18.0 Å². The Labute approximate surface area is 184 Å². The largest absolute Gasteiger partial charge is 0.457 e. The number of para-hydroxylation sites is 1. The van der Waals surface area contributed by atoms with Crippen LogP contribution in [0.5, 0.6) is 11.5 Å². The van der Waals surface area contributed by atoms with E-state index in [9.17, 15) is 9.59 Å². The zero-order valence-corrected chi connectivity index (χ0v) is 17.9. The molecular formula is C24H22N4O4. The summed E-state index contributed by atoms with van der Waals surface area (Å²) in [6, 6.07) is 18.0. The first-order chi connectivity index (χ1) is 15.4. The molecule has 0 aliphatic heterocycles. The first kappa shape index (κ1) is 21.0. The first-order valence-electron chi connectivity index (χ1n) is 10.0. The smallest absolute Gasteiger partial charge is 0.340 e. The molecule has 8 nitrogen and oxygen atoms in total. The zero-order chi connectivity index (χ0) is 22.7. The number of ether oxygens (including phenoxy) is 2. The molecule has 0 saturated heterocycles. The number of fused-ring (bicyclic) bond motifs is 1. The molecular weight excluding hydrogens is 408 g/mol. The lowest BCUT2D eigenvalue weighted by atomic mass is 10.2. The summed E-state index contributed by atoms with van der Waals surface area (Å²) < 4.78 is 12.7. The van der Waals surface area contributed by atoms with Gasteiger partial charge in [0.05, 0.1) is 11.3 Å². The van der Waals surface area contributed by atoms with Gasteiger partial charge in [-0.25, -0.2) is 9.78 Å². The molecule has 8 heteroatoms. The number of amides is 1. The summed E-state index contributed by atoms with van der Waals surface area (Å²) in [5.41, 5.74) is 2.25. The Bertz CT molecular complexity index is 1270. The van der Waals surface area contributed by atoms with Crippen LogP contribution in [0.4, 0.5) is 5.69 Å². The van der Waals surface area contributed by atoms with Crippen molar-refractivity contribution in [1.82, 2.24) is 14.8 Å². The lowest BCUT2D eigenvalue weighted by Gasteiger charge is -2.14. The van der Waals surface area contributed by atoms with Crippen molar-refractivity contribution in [3.63, 3.8) is 0 Å². The van der Waals surface area contributed by atoms with E-state index in [2.05, 4.69) is 15.4 Å². The predicted molar refractivity (Wildman–Crippen MR) is 120 cm³/mol. The average molecular weight is 430 g/mol. The minimum Gasteiger partial charge on any atom is -0.457 e. The van der Waals surface area contributed by atoms with Crippen LogP contribution in [0.15, 0.2) is 66.9 Å². The molecule has 0 spiro atoms. The average Bonchev–Trinajstić information content (AvgIpc) is 3.08. The fourth-order valence-electron chi connectivity index (χ4n) is 3.18. The third-order valence-corrected chi connectivity index (χ3v) is 4.85. The maximum Gasteiger partial charge on any atom is 0.340 e. The number of nitrogens with zero attached hydrogens (tertiary/aromatic N) is 3. The normalized spacial score (nSPS) is 11.7. The third-order valence-electron chi connectivity index (χ3n) is 4.85. The van der Waals surface area contributed by atoms with Crippen LogP contribution in [0.3, 0.4) is 0 Å². The first-order valence-corrected chi connectivity index (χ1v) is 10.0. The molecule has 162 valence electrons. The topological polar surface area (TPSA) is 95.3 Å². The second-order valence-electron chi connectivity index (χ2n) is 7.28. The van der Waals surface area contributed by atoms with Gasteiger partial charge in [-0.3, -0.25) is 9.48 Å². The molecule has 32 heavy (non-hydrogen) atoms. The minimum atomic E-state index is -0.992. The number of aromatic nitrogens is 3. The van der Waals surface area contributed by atoms with Crippen molar-refractivity contribution in [3.05, 3.63) is 78.1 Å². The Morgan fingerprint density at radius 2 is 1.72 bits per heavy atom. The van der Waals surface area contributed by atoms with Crippen LogP contribution in [-0.4, -0.2) is 32.7 Å². The van der Waals surface area contributed by atoms with E-state index >= 15 is 0 Å². The third kappa shape index (κ3) is 4.59. The molecule has 2 aromatic carbocycles. The number of esters is 1. The molecule has 0 saturated carbocycles. The van der Waals surface area contributed by atoms with E-state index in [4.69, 9.17) is 9.47 Å². The molecule has 0 aliphatic rings. The van der Waals surface area contributed by atoms with Crippen molar-refractivity contribution in [2.45, 2.75) is 20.0 Å². The van der Waals surface area contributed by atoms with Crippen LogP contribution in [-0.2, 0) is 16.6 Å². The Balaban J connectivity index is 1.36. The maximum atomic E-state index is 12.5. The summed E-state index contributed by atoms with van der Waals surface area (Å²) in [5.74, 6) is 0.292. The highest BCUT2D eigenvalue weighted by Gasteiger charge is 2.20. The van der Waals surface area contributed by atoms with Gasteiger partial charge in [-0.2, -0.15) is 5.10 Å². The fraction of sp³-hybridized carbons (Fsp3) is 0.167. The predicted octanol–water partition coefficient (Wildman–Crippen LogP) is 4.25. The van der Waals surface area contributed by atoms with E-state index in [1.165, 1.54) is 13.1 Å². The lowest BCUT2D eigenvalue weighted by Crippen LogP contribution is -2.30. The van der Waals surface area contributed by atoms with E-state index in [1.54, 1.807) is 42.1 Å². The minimum absolute atomic E-state index is 0.260. The van der Waals surface area contributed by atoms with Gasteiger partial charge in [0.25, 0.3) is 5.91 Å². The fourth-order valence-corrected chi connectivity index (χ4v) is 3.18. The number of pyridine rings is 1. The van der Waals surface area contributed by atoms with Crippen LogP contribution >= 0.6 is 0 Å². The van der Waals surface area contributed by atoms with Gasteiger partial charge < -0.3 is 14.8 Å². The van der Waals surface area contributed by atoms with Crippen molar-refractivity contribution in [1.29, 1.82) is 0 Å². The second-order valence-corrected chi connectivity index (χ2v) is 7.28. The molecule has 0 bridgehead atoms. The summed E-state index contributed by atoms with van der Waals surface area (Å²) >= 11 is 0. The molecule has 4 rings (SSSR count). The summed E-state index contributed by atoms with van der Waals surface area (Å²) in [7, 11) is 1.78. The zero-order valence-electron chi connectivity index (χ0n) is 17.9. The van der Waals surface area contributed by atoms with E-state index in [0.717, 1.165) is 16.8 Å². The Kier molecular flexibility index (Phi) is 5.85. The number of hydrogen-bond donors (Lipinski definition) is 1. The van der Waals surface area contributed by atoms with Gasteiger partial charge >= 0.3 is 5.97 Å². The van der Waals surface area contributed by atoms with Crippen molar-refractivity contribution >= 4 is 28.6 Å². The molecule has 1 N–H and O–H groups in total. The standard InChI is InChI=1S/C24H22N4O4/c1-15-21-13-17(14-25-22(21)28(3)27-15)24(30)31-16(2)23(29)26-18-9-11-20(12-10-18)32-19-7-5-4-6-8-19/h4-14,16H,1-3H3,(H,26,29). The Morgan fingerprint density at radius 1 is 1.03 bits per heavy atom. The van der Waals surface area contributed by atoms with E-state index in [0.29, 0.717) is 17.1 Å². The molecule has 1 unspecified atom stereocenters. The highest BCUT2D eigenvalue weighted by Crippen LogP contribution is 2.23. The van der Waals surface area contributed by atoms with E-state index in [1.807, 2.05) is 37.3 Å². The highest BCUT2D eigenvalue weighted by molar-refractivity contribution is 5.98. The summed E-state index contributed by atoms with van der Waals surface area (Å²) in [5, 5.41) is 7.78. The highest BCUT2D eigenvalue weighted by atomic mass is 16.5. The van der Waals surface area contributed by atoms with Crippen molar-refractivity contribution in [3.8, 4) is 11.5 Å². The maximum absolute atomic E-state index is 12.5. The number of hydrogen-bond acceptors (Lipinski definition) is 6.